The van der Waals surface area contributed by atoms with Crippen LogP contribution in [-0.4, -0.2) is 23.9 Å². The molecule has 1 saturated carbocycles. The fourth-order valence-electron chi connectivity index (χ4n) is 2.93. The standard InChI is InChI=1S/C19H23NO2/c1-4-17-16(15-7-5-6-8-18(15)22-17)11-12-19(21)20(3)13(2)14-9-10-14/h5-8,11-14H,4,9-10H2,1-3H3/b12-11+. The summed E-state index contributed by atoms with van der Waals surface area (Å²) in [7, 11) is 1.89. The Balaban J connectivity index is 1.83. The summed E-state index contributed by atoms with van der Waals surface area (Å²) < 4.78 is 5.86. The first-order valence-electron chi connectivity index (χ1n) is 8.07. The van der Waals surface area contributed by atoms with Gasteiger partial charge in [0.1, 0.15) is 11.3 Å². The van der Waals surface area contributed by atoms with E-state index >= 15 is 0 Å². The molecule has 1 amide bonds. The Morgan fingerprint density at radius 1 is 1.41 bits per heavy atom. The summed E-state index contributed by atoms with van der Waals surface area (Å²) in [6.45, 7) is 4.20. The lowest BCUT2D eigenvalue weighted by atomic mass is 10.1. The molecule has 1 fully saturated rings. The molecule has 2 aromatic rings. The summed E-state index contributed by atoms with van der Waals surface area (Å²) in [4.78, 5) is 14.2. The van der Waals surface area contributed by atoms with Crippen LogP contribution in [0.1, 0.15) is 38.0 Å². The molecule has 1 atom stereocenters. The van der Waals surface area contributed by atoms with Gasteiger partial charge in [-0.15, -0.1) is 0 Å². The zero-order valence-corrected chi connectivity index (χ0v) is 13.5. The molecule has 1 aromatic heterocycles. The predicted octanol–water partition coefficient (Wildman–Crippen LogP) is 4.27. The Morgan fingerprint density at radius 3 is 2.82 bits per heavy atom. The van der Waals surface area contributed by atoms with E-state index in [0.29, 0.717) is 12.0 Å². The number of benzene rings is 1. The van der Waals surface area contributed by atoms with Gasteiger partial charge in [-0.2, -0.15) is 0 Å². The first-order chi connectivity index (χ1) is 10.6. The van der Waals surface area contributed by atoms with Crippen molar-refractivity contribution in [1.82, 2.24) is 4.90 Å². The van der Waals surface area contributed by atoms with E-state index < -0.39 is 0 Å². The number of para-hydroxylation sites is 1. The van der Waals surface area contributed by atoms with Gasteiger partial charge in [-0.25, -0.2) is 0 Å². The molecule has 1 aliphatic rings. The molecule has 1 unspecified atom stereocenters. The molecule has 0 bridgehead atoms. The summed E-state index contributed by atoms with van der Waals surface area (Å²) in [6.07, 6.45) is 6.89. The lowest BCUT2D eigenvalue weighted by Gasteiger charge is -2.23. The van der Waals surface area contributed by atoms with E-state index in [9.17, 15) is 4.79 Å². The summed E-state index contributed by atoms with van der Waals surface area (Å²) in [5.41, 5.74) is 1.91. The van der Waals surface area contributed by atoms with Crippen LogP contribution in [0, 0.1) is 5.92 Å². The van der Waals surface area contributed by atoms with Crippen molar-refractivity contribution in [2.24, 2.45) is 5.92 Å². The van der Waals surface area contributed by atoms with Crippen molar-refractivity contribution in [3.8, 4) is 0 Å². The third kappa shape index (κ3) is 2.80. The van der Waals surface area contributed by atoms with Gasteiger partial charge in [0, 0.05) is 36.5 Å². The Labute approximate surface area is 131 Å². The van der Waals surface area contributed by atoms with E-state index in [0.717, 1.165) is 28.7 Å². The molecule has 3 nitrogen and oxygen atoms in total. The van der Waals surface area contributed by atoms with Gasteiger partial charge in [0.05, 0.1) is 0 Å². The number of hydrogen-bond donors (Lipinski definition) is 0. The topological polar surface area (TPSA) is 33.5 Å². The first kappa shape index (κ1) is 14.9. The van der Waals surface area contributed by atoms with Gasteiger partial charge in [0.25, 0.3) is 0 Å². The van der Waals surface area contributed by atoms with Gasteiger partial charge in [-0.3, -0.25) is 4.79 Å². The largest absolute Gasteiger partial charge is 0.460 e. The SMILES string of the molecule is CCc1oc2ccccc2c1/C=C/C(=O)N(C)C(C)C1CC1. The summed E-state index contributed by atoms with van der Waals surface area (Å²) >= 11 is 0. The van der Waals surface area contributed by atoms with Crippen LogP contribution in [0.25, 0.3) is 17.0 Å². The molecule has 0 N–H and O–H groups in total. The smallest absolute Gasteiger partial charge is 0.246 e. The highest BCUT2D eigenvalue weighted by molar-refractivity contribution is 5.96. The van der Waals surface area contributed by atoms with Crippen molar-refractivity contribution < 1.29 is 9.21 Å². The van der Waals surface area contributed by atoms with Gasteiger partial charge in [-0.05, 0) is 37.8 Å². The molecule has 3 rings (SSSR count). The second kappa shape index (κ2) is 5.99. The molecule has 0 radical (unpaired) electrons. The van der Waals surface area contributed by atoms with Crippen molar-refractivity contribution >= 4 is 23.0 Å². The average molecular weight is 297 g/mol. The summed E-state index contributed by atoms with van der Waals surface area (Å²) in [5, 5.41) is 1.07. The maximum absolute atomic E-state index is 12.4. The van der Waals surface area contributed by atoms with E-state index in [1.165, 1.54) is 12.8 Å². The lowest BCUT2D eigenvalue weighted by Crippen LogP contribution is -2.35. The minimum atomic E-state index is 0.0618. The molecular weight excluding hydrogens is 274 g/mol. The molecule has 0 spiro atoms. The van der Waals surface area contributed by atoms with Gasteiger partial charge in [-0.1, -0.05) is 25.1 Å². The van der Waals surface area contributed by atoms with Crippen LogP contribution >= 0.6 is 0 Å². The Hall–Kier alpha value is -2.03. The second-order valence-electron chi connectivity index (χ2n) is 6.15. The van der Waals surface area contributed by atoms with Crippen molar-refractivity contribution in [2.45, 2.75) is 39.2 Å². The summed E-state index contributed by atoms with van der Waals surface area (Å²) in [5.74, 6) is 1.68. The molecule has 0 aliphatic heterocycles. The number of rotatable bonds is 5. The van der Waals surface area contributed by atoms with Crippen molar-refractivity contribution in [3.05, 3.63) is 41.7 Å². The van der Waals surface area contributed by atoms with Crippen molar-refractivity contribution in [3.63, 3.8) is 0 Å². The number of amides is 1. The van der Waals surface area contributed by atoms with Gasteiger partial charge < -0.3 is 9.32 Å². The van der Waals surface area contributed by atoms with Crippen LogP contribution in [0.3, 0.4) is 0 Å². The predicted molar refractivity (Wildman–Crippen MR) is 89.6 cm³/mol. The quantitative estimate of drug-likeness (QED) is 0.772. The molecule has 22 heavy (non-hydrogen) atoms. The fraction of sp³-hybridized carbons (Fsp3) is 0.421. The average Bonchev–Trinajstić information content (AvgIpc) is 3.32. The maximum atomic E-state index is 12.4. The second-order valence-corrected chi connectivity index (χ2v) is 6.15. The number of carbonyl (C=O) groups is 1. The normalized spacial score (nSPS) is 16.3. The Bertz CT molecular complexity index is 709. The van der Waals surface area contributed by atoms with Crippen LogP contribution < -0.4 is 0 Å². The van der Waals surface area contributed by atoms with Crippen LogP contribution in [0.4, 0.5) is 0 Å². The monoisotopic (exact) mass is 297 g/mol. The van der Waals surface area contributed by atoms with E-state index in [4.69, 9.17) is 4.42 Å². The van der Waals surface area contributed by atoms with Crippen LogP contribution in [0.2, 0.25) is 0 Å². The zero-order chi connectivity index (χ0) is 15.7. The van der Waals surface area contributed by atoms with Gasteiger partial charge in [0.2, 0.25) is 5.91 Å². The highest BCUT2D eigenvalue weighted by Crippen LogP contribution is 2.34. The molecule has 0 saturated heterocycles. The number of fused-ring (bicyclic) bond motifs is 1. The van der Waals surface area contributed by atoms with E-state index in [-0.39, 0.29) is 5.91 Å². The Morgan fingerprint density at radius 2 is 2.14 bits per heavy atom. The fourth-order valence-corrected chi connectivity index (χ4v) is 2.93. The molecule has 1 aromatic carbocycles. The zero-order valence-electron chi connectivity index (χ0n) is 13.5. The lowest BCUT2D eigenvalue weighted by molar-refractivity contribution is -0.126. The molecule has 3 heteroatoms. The van der Waals surface area contributed by atoms with E-state index in [1.807, 2.05) is 42.3 Å². The Kier molecular flexibility index (Phi) is 4.06. The van der Waals surface area contributed by atoms with Crippen LogP contribution in [0.5, 0.6) is 0 Å². The summed E-state index contributed by atoms with van der Waals surface area (Å²) in [6, 6.07) is 8.30. The maximum Gasteiger partial charge on any atom is 0.246 e. The number of hydrogen-bond acceptors (Lipinski definition) is 2. The van der Waals surface area contributed by atoms with Crippen molar-refractivity contribution in [2.75, 3.05) is 7.05 Å². The van der Waals surface area contributed by atoms with Crippen LogP contribution in [0.15, 0.2) is 34.8 Å². The molecular formula is C19H23NO2. The van der Waals surface area contributed by atoms with E-state index in [2.05, 4.69) is 13.8 Å². The molecule has 1 aliphatic carbocycles. The highest BCUT2D eigenvalue weighted by atomic mass is 16.3. The minimum Gasteiger partial charge on any atom is -0.460 e. The molecule has 116 valence electrons. The van der Waals surface area contributed by atoms with Gasteiger partial charge in [0.15, 0.2) is 0 Å². The number of furan rings is 1. The first-order valence-corrected chi connectivity index (χ1v) is 8.07. The number of carbonyl (C=O) groups excluding carboxylic acids is 1. The molecule has 1 heterocycles. The number of likely N-dealkylation sites (N-methyl/N-ethyl adjacent to an activating group) is 1. The third-order valence-electron chi connectivity index (χ3n) is 4.69. The highest BCUT2D eigenvalue weighted by Gasteiger charge is 2.31. The van der Waals surface area contributed by atoms with Gasteiger partial charge >= 0.3 is 0 Å². The minimum absolute atomic E-state index is 0.0618. The number of nitrogens with zero attached hydrogens (tertiary/aromatic N) is 1. The third-order valence-corrected chi connectivity index (χ3v) is 4.69. The number of aryl methyl sites for hydroxylation is 1. The van der Waals surface area contributed by atoms with E-state index in [1.54, 1.807) is 6.08 Å². The van der Waals surface area contributed by atoms with Crippen molar-refractivity contribution in [1.29, 1.82) is 0 Å². The van der Waals surface area contributed by atoms with Crippen LogP contribution in [-0.2, 0) is 11.2 Å².